The van der Waals surface area contributed by atoms with Crippen molar-refractivity contribution < 1.29 is 8.97 Å². The summed E-state index contributed by atoms with van der Waals surface area (Å²) in [5.74, 6) is 0. The van der Waals surface area contributed by atoms with Crippen molar-refractivity contribution in [3.05, 3.63) is 108 Å². The van der Waals surface area contributed by atoms with E-state index in [-0.39, 0.29) is 0 Å². The van der Waals surface area contributed by atoms with Gasteiger partial charge in [-0.1, -0.05) is 91.0 Å². The van der Waals surface area contributed by atoms with Gasteiger partial charge >= 0.3 is 0 Å². The highest BCUT2D eigenvalue weighted by Crippen LogP contribution is 2.47. The number of nitrogens with zero attached hydrogens (tertiary/aromatic N) is 4. The number of hydrogen-bond acceptors (Lipinski definition) is 2. The maximum Gasteiger partial charge on any atom is 0.134 e. The second kappa shape index (κ2) is 9.99. The van der Waals surface area contributed by atoms with Crippen molar-refractivity contribution >= 4 is 0 Å². The number of likely N-dealkylation sites (N-methyl/N-ethyl adjacent to an activating group) is 2. The van der Waals surface area contributed by atoms with Gasteiger partial charge < -0.3 is 8.97 Å². The van der Waals surface area contributed by atoms with Gasteiger partial charge in [0, 0.05) is 31.7 Å². The van der Waals surface area contributed by atoms with Crippen LogP contribution in [0.5, 0.6) is 0 Å². The van der Waals surface area contributed by atoms with Crippen LogP contribution in [0.1, 0.15) is 41.7 Å². The van der Waals surface area contributed by atoms with Crippen molar-refractivity contribution in [3.8, 4) is 0 Å². The van der Waals surface area contributed by atoms with E-state index in [1.165, 1.54) is 78.0 Å². The van der Waals surface area contributed by atoms with E-state index in [0.29, 0.717) is 18.1 Å². The van der Waals surface area contributed by atoms with Crippen LogP contribution in [0.15, 0.2) is 91.0 Å². The Morgan fingerprint density at radius 1 is 0.514 bits per heavy atom. The minimum absolute atomic E-state index is 0.515. The van der Waals surface area contributed by atoms with Gasteiger partial charge in [-0.25, -0.2) is 0 Å². The monoisotopic (exact) mass is 496 g/mol. The summed E-state index contributed by atoms with van der Waals surface area (Å²) in [7, 11) is 4.88. The molecule has 0 saturated carbocycles. The Balaban J connectivity index is 0.000000141. The maximum absolute atomic E-state index is 2.69. The second-order valence-corrected chi connectivity index (χ2v) is 12.2. The smallest absolute Gasteiger partial charge is 0.134 e. The molecule has 194 valence electrons. The lowest BCUT2D eigenvalue weighted by molar-refractivity contribution is -0.958. The van der Waals surface area contributed by atoms with Gasteiger partial charge in [0.25, 0.3) is 0 Å². The Morgan fingerprint density at radius 3 is 1.38 bits per heavy atom. The number of rotatable bonds is 3. The Hall–Kier alpha value is -2.50. The van der Waals surface area contributed by atoms with Crippen molar-refractivity contribution in [2.45, 2.75) is 31.1 Å². The van der Waals surface area contributed by atoms with Crippen LogP contribution >= 0.6 is 0 Å². The highest BCUT2D eigenvalue weighted by atomic mass is 15.5. The minimum atomic E-state index is 0.515. The molecule has 0 N–H and O–H groups in total. The molecule has 0 radical (unpaired) electrons. The summed E-state index contributed by atoms with van der Waals surface area (Å²) in [5.41, 5.74) is 4.45. The van der Waals surface area contributed by atoms with Crippen LogP contribution < -0.4 is 0 Å². The molecular formula is C33H44N4+2. The third-order valence-electron chi connectivity index (χ3n) is 10.2. The van der Waals surface area contributed by atoms with Crippen LogP contribution in [0.25, 0.3) is 0 Å². The molecule has 0 amide bonds. The van der Waals surface area contributed by atoms with Gasteiger partial charge in [0.2, 0.25) is 0 Å². The van der Waals surface area contributed by atoms with Crippen LogP contribution in [0.3, 0.4) is 0 Å². The zero-order chi connectivity index (χ0) is 25.5. The molecule has 0 aromatic heterocycles. The molecule has 6 fully saturated rings. The molecular weight excluding hydrogens is 452 g/mol. The molecule has 9 rings (SSSR count). The van der Waals surface area contributed by atoms with Crippen molar-refractivity contribution in [1.82, 2.24) is 9.80 Å². The number of fused-ring (bicyclic) bond motifs is 6. The van der Waals surface area contributed by atoms with Crippen molar-refractivity contribution in [1.29, 1.82) is 0 Å². The first-order valence-corrected chi connectivity index (χ1v) is 14.3. The highest BCUT2D eigenvalue weighted by molar-refractivity contribution is 5.28. The second-order valence-electron chi connectivity index (χ2n) is 12.2. The fourth-order valence-corrected chi connectivity index (χ4v) is 7.68. The lowest BCUT2D eigenvalue weighted by Gasteiger charge is -2.58. The molecule has 4 unspecified atom stereocenters. The van der Waals surface area contributed by atoms with Crippen LogP contribution in [0, 0.1) is 0 Å². The first-order valence-electron chi connectivity index (χ1n) is 14.3. The number of hydrogen-bond donors (Lipinski definition) is 0. The fraction of sp³-hybridized carbons (Fsp3) is 0.455. The summed E-state index contributed by atoms with van der Waals surface area (Å²) >= 11 is 0. The van der Waals surface area contributed by atoms with Gasteiger partial charge in [0.1, 0.15) is 12.1 Å². The van der Waals surface area contributed by atoms with E-state index in [0.717, 1.165) is 6.04 Å². The molecule has 3 aromatic rings. The Labute approximate surface area is 223 Å². The molecule has 4 nitrogen and oxygen atoms in total. The topological polar surface area (TPSA) is 6.48 Å². The standard InChI is InChI=1S/C19H23N2.C14H21N2/c1-21-14-12-20(13-15-21)18(16-8-4-2-5-9-16)19(21)17-10-6-3-7-11-17;1-12-14(13-6-4-3-5-7-13)15-8-10-16(12,2)11-9-15/h2-11,18-19H,12-15H2,1H3;3-7,12,14H,8-11H2,1-2H3/q2*+1. The summed E-state index contributed by atoms with van der Waals surface area (Å²) in [6.07, 6.45) is 0. The molecule has 4 atom stereocenters. The molecule has 37 heavy (non-hydrogen) atoms. The van der Waals surface area contributed by atoms with Crippen LogP contribution in [-0.2, 0) is 0 Å². The van der Waals surface area contributed by atoms with Crippen LogP contribution in [-0.4, -0.2) is 91.3 Å². The number of piperazine rings is 6. The largest absolute Gasteiger partial charge is 0.320 e. The van der Waals surface area contributed by atoms with Crippen molar-refractivity contribution in [2.24, 2.45) is 0 Å². The van der Waals surface area contributed by atoms with Gasteiger partial charge in [-0.3, -0.25) is 9.80 Å². The zero-order valence-corrected chi connectivity index (χ0v) is 22.9. The highest BCUT2D eigenvalue weighted by Gasteiger charge is 2.51. The Kier molecular flexibility index (Phi) is 6.70. The molecule has 4 bridgehead atoms. The molecule has 0 spiro atoms. The predicted molar refractivity (Wildman–Crippen MR) is 152 cm³/mol. The first-order chi connectivity index (χ1) is 18.0. The average molecular weight is 497 g/mol. The van der Waals surface area contributed by atoms with E-state index < -0.39 is 0 Å². The third-order valence-corrected chi connectivity index (χ3v) is 10.2. The van der Waals surface area contributed by atoms with Crippen LogP contribution in [0.4, 0.5) is 0 Å². The quantitative estimate of drug-likeness (QED) is 0.464. The van der Waals surface area contributed by atoms with Gasteiger partial charge in [-0.15, -0.1) is 0 Å². The van der Waals surface area contributed by atoms with Crippen molar-refractivity contribution in [3.63, 3.8) is 0 Å². The number of benzene rings is 3. The summed E-state index contributed by atoms with van der Waals surface area (Å²) in [6, 6.07) is 35.6. The lowest BCUT2D eigenvalue weighted by Crippen LogP contribution is -2.70. The SMILES string of the molecule is CC1C(c2ccccc2)N2CC[N+]1(C)CC2.C[N+]12CCN(CC1)C(c1ccccc1)C2c1ccccc1. The summed E-state index contributed by atoms with van der Waals surface area (Å²) in [5, 5.41) is 0. The van der Waals surface area contributed by atoms with E-state index in [2.05, 4.69) is 122 Å². The zero-order valence-electron chi connectivity index (χ0n) is 22.9. The van der Waals surface area contributed by atoms with Gasteiger partial charge in [-0.2, -0.15) is 0 Å². The van der Waals surface area contributed by atoms with Crippen LogP contribution in [0.2, 0.25) is 0 Å². The van der Waals surface area contributed by atoms with E-state index >= 15 is 0 Å². The predicted octanol–water partition coefficient (Wildman–Crippen LogP) is 5.14. The maximum atomic E-state index is 2.69. The van der Waals surface area contributed by atoms with E-state index in [1.807, 2.05) is 0 Å². The summed E-state index contributed by atoms with van der Waals surface area (Å²) < 4.78 is 2.44. The normalized spacial score (nSPS) is 38.0. The molecule has 4 heteroatoms. The Bertz CT molecular complexity index is 1150. The molecule has 6 saturated heterocycles. The third kappa shape index (κ3) is 4.55. The first kappa shape index (κ1) is 24.8. The van der Waals surface area contributed by atoms with E-state index in [1.54, 1.807) is 0 Å². The van der Waals surface area contributed by atoms with Crippen molar-refractivity contribution in [2.75, 3.05) is 66.5 Å². The molecule has 6 aliphatic heterocycles. The van der Waals surface area contributed by atoms with Gasteiger partial charge in [-0.05, 0) is 18.1 Å². The molecule has 3 aromatic carbocycles. The van der Waals surface area contributed by atoms with Gasteiger partial charge in [0.05, 0.1) is 52.4 Å². The molecule has 0 aliphatic carbocycles. The summed E-state index contributed by atoms with van der Waals surface area (Å²) in [6.45, 7) is 12.6. The van der Waals surface area contributed by atoms with E-state index in [9.17, 15) is 0 Å². The fourth-order valence-electron chi connectivity index (χ4n) is 7.68. The lowest BCUT2D eigenvalue weighted by atomic mass is 9.84. The average Bonchev–Trinajstić information content (AvgIpc) is 2.95. The van der Waals surface area contributed by atoms with Gasteiger partial charge in [0.15, 0.2) is 0 Å². The van der Waals surface area contributed by atoms with E-state index in [4.69, 9.17) is 0 Å². The Morgan fingerprint density at radius 2 is 0.892 bits per heavy atom. The molecule has 6 aliphatic rings. The molecule has 6 heterocycles. The number of quaternary nitrogens is 2. The summed E-state index contributed by atoms with van der Waals surface area (Å²) in [4.78, 5) is 5.36. The minimum Gasteiger partial charge on any atom is -0.320 e.